The number of hydrogen-bond acceptors (Lipinski definition) is 2. The molecule has 0 saturated carbocycles. The van der Waals surface area contributed by atoms with Gasteiger partial charge in [0.1, 0.15) is 13.1 Å². The van der Waals surface area contributed by atoms with Gasteiger partial charge < -0.3 is 15.0 Å². The number of amides is 1. The van der Waals surface area contributed by atoms with E-state index in [1.807, 2.05) is 24.3 Å². The second-order valence-electron chi connectivity index (χ2n) is 4.10. The van der Waals surface area contributed by atoms with Gasteiger partial charge in [0.05, 0.1) is 13.2 Å². The van der Waals surface area contributed by atoms with Gasteiger partial charge >= 0.3 is 0 Å². The fourth-order valence-electron chi connectivity index (χ4n) is 1.84. The number of anilines is 1. The van der Waals surface area contributed by atoms with E-state index in [2.05, 4.69) is 27.9 Å². The van der Waals surface area contributed by atoms with Gasteiger partial charge in [-0.15, -0.1) is 0 Å². The summed E-state index contributed by atoms with van der Waals surface area (Å²) in [5.74, 6) is 0.0731. The molecule has 1 saturated heterocycles. The Hall–Kier alpha value is -0.660. The predicted molar refractivity (Wildman–Crippen MR) is 74.2 cm³/mol. The van der Waals surface area contributed by atoms with Crippen LogP contribution in [0.4, 0.5) is 5.69 Å². The average molecular weight is 347 g/mol. The standard InChI is InChI=1S/C12H15IN2O2/c13-10-2-1-3-11(8-10)14-12(16)9-15-4-6-17-7-5-15/h1-3,8H,4-7,9H2,(H,14,16)/p+1. The van der Waals surface area contributed by atoms with Crippen LogP contribution in [0.5, 0.6) is 0 Å². The summed E-state index contributed by atoms with van der Waals surface area (Å²) < 4.78 is 6.39. The summed E-state index contributed by atoms with van der Waals surface area (Å²) in [5, 5.41) is 2.92. The lowest BCUT2D eigenvalue weighted by atomic mass is 10.3. The lowest BCUT2D eigenvalue weighted by Gasteiger charge is -2.23. The summed E-state index contributed by atoms with van der Waals surface area (Å²) in [4.78, 5) is 13.1. The number of carbonyl (C=O) groups excluding carboxylic acids is 1. The van der Waals surface area contributed by atoms with Crippen LogP contribution < -0.4 is 10.2 Å². The minimum Gasteiger partial charge on any atom is -0.370 e. The molecule has 2 N–H and O–H groups in total. The molecule has 1 heterocycles. The van der Waals surface area contributed by atoms with Crippen LogP contribution in [-0.2, 0) is 9.53 Å². The van der Waals surface area contributed by atoms with Crippen LogP contribution in [0.1, 0.15) is 0 Å². The van der Waals surface area contributed by atoms with E-state index in [9.17, 15) is 4.79 Å². The first-order valence-electron chi connectivity index (χ1n) is 5.71. The van der Waals surface area contributed by atoms with Crippen LogP contribution in [0.25, 0.3) is 0 Å². The fourth-order valence-corrected chi connectivity index (χ4v) is 2.38. The molecule has 5 heteroatoms. The van der Waals surface area contributed by atoms with Crippen LogP contribution >= 0.6 is 22.6 Å². The zero-order valence-electron chi connectivity index (χ0n) is 9.54. The number of rotatable bonds is 3. The number of halogens is 1. The van der Waals surface area contributed by atoms with Gasteiger partial charge in [-0.05, 0) is 40.8 Å². The highest BCUT2D eigenvalue weighted by molar-refractivity contribution is 14.1. The Labute approximate surface area is 114 Å². The first kappa shape index (κ1) is 12.8. The summed E-state index contributed by atoms with van der Waals surface area (Å²) in [7, 11) is 0. The maximum absolute atomic E-state index is 11.8. The number of benzene rings is 1. The molecular weight excluding hydrogens is 331 g/mol. The first-order valence-corrected chi connectivity index (χ1v) is 6.78. The van der Waals surface area contributed by atoms with Crippen LogP contribution in [0.2, 0.25) is 0 Å². The molecule has 0 radical (unpaired) electrons. The van der Waals surface area contributed by atoms with Gasteiger partial charge in [0.2, 0.25) is 0 Å². The molecule has 1 aromatic rings. The normalized spacial score (nSPS) is 16.8. The third-order valence-corrected chi connectivity index (χ3v) is 3.39. The van der Waals surface area contributed by atoms with Crippen molar-refractivity contribution in [3.63, 3.8) is 0 Å². The average Bonchev–Trinajstić information content (AvgIpc) is 2.30. The highest BCUT2D eigenvalue weighted by atomic mass is 127. The van der Waals surface area contributed by atoms with Gasteiger partial charge in [-0.25, -0.2) is 0 Å². The molecule has 0 bridgehead atoms. The van der Waals surface area contributed by atoms with Gasteiger partial charge in [-0.3, -0.25) is 4.79 Å². The number of nitrogens with one attached hydrogen (secondary N) is 2. The zero-order chi connectivity index (χ0) is 12.1. The number of quaternary nitrogens is 1. The smallest absolute Gasteiger partial charge is 0.279 e. The van der Waals surface area contributed by atoms with Gasteiger partial charge in [-0.1, -0.05) is 6.07 Å². The van der Waals surface area contributed by atoms with Crippen molar-refractivity contribution in [2.24, 2.45) is 0 Å². The highest BCUT2D eigenvalue weighted by Crippen LogP contribution is 2.11. The van der Waals surface area contributed by atoms with E-state index < -0.39 is 0 Å². The van der Waals surface area contributed by atoms with E-state index in [1.54, 1.807) is 0 Å². The van der Waals surface area contributed by atoms with Gasteiger partial charge in [-0.2, -0.15) is 0 Å². The molecule has 1 aliphatic rings. The van der Waals surface area contributed by atoms with Crippen molar-refractivity contribution in [2.75, 3.05) is 38.2 Å². The second kappa shape index (κ2) is 6.32. The van der Waals surface area contributed by atoms with Crippen LogP contribution in [0.15, 0.2) is 24.3 Å². The minimum atomic E-state index is 0.0731. The fraction of sp³-hybridized carbons (Fsp3) is 0.417. The Kier molecular flexibility index (Phi) is 4.75. The number of hydrogen-bond donors (Lipinski definition) is 2. The summed E-state index contributed by atoms with van der Waals surface area (Å²) in [6, 6.07) is 7.82. The highest BCUT2D eigenvalue weighted by Gasteiger charge is 2.17. The van der Waals surface area contributed by atoms with Crippen LogP contribution in [-0.4, -0.2) is 38.8 Å². The van der Waals surface area contributed by atoms with Crippen molar-refractivity contribution in [1.29, 1.82) is 0 Å². The van der Waals surface area contributed by atoms with Crippen molar-refractivity contribution in [2.45, 2.75) is 0 Å². The maximum atomic E-state index is 11.8. The lowest BCUT2D eigenvalue weighted by Crippen LogP contribution is -3.15. The molecule has 1 amide bonds. The zero-order valence-corrected chi connectivity index (χ0v) is 11.7. The van der Waals surface area contributed by atoms with Crippen molar-refractivity contribution in [3.8, 4) is 0 Å². The quantitative estimate of drug-likeness (QED) is 0.765. The summed E-state index contributed by atoms with van der Waals surface area (Å²) in [6.45, 7) is 3.87. The summed E-state index contributed by atoms with van der Waals surface area (Å²) in [5.41, 5.74) is 0.870. The van der Waals surface area contributed by atoms with Crippen molar-refractivity contribution < 1.29 is 14.4 Å². The minimum absolute atomic E-state index is 0.0731. The van der Waals surface area contributed by atoms with Crippen molar-refractivity contribution in [1.82, 2.24) is 0 Å². The molecule has 0 unspecified atom stereocenters. The molecule has 0 aromatic heterocycles. The Balaban J connectivity index is 1.84. The molecule has 0 atom stereocenters. The molecule has 17 heavy (non-hydrogen) atoms. The van der Waals surface area contributed by atoms with E-state index in [4.69, 9.17) is 4.74 Å². The molecular formula is C12H16IN2O2+. The van der Waals surface area contributed by atoms with Crippen LogP contribution in [0, 0.1) is 3.57 Å². The third kappa shape index (κ3) is 4.25. The first-order chi connectivity index (χ1) is 8.24. The van der Waals surface area contributed by atoms with E-state index in [-0.39, 0.29) is 5.91 Å². The molecule has 0 aliphatic carbocycles. The Morgan fingerprint density at radius 3 is 2.88 bits per heavy atom. The van der Waals surface area contributed by atoms with Crippen molar-refractivity contribution >= 4 is 34.2 Å². The Bertz CT molecular complexity index is 392. The largest absolute Gasteiger partial charge is 0.370 e. The number of ether oxygens (including phenoxy) is 1. The maximum Gasteiger partial charge on any atom is 0.279 e. The van der Waals surface area contributed by atoms with Crippen LogP contribution in [0.3, 0.4) is 0 Å². The number of carbonyl (C=O) groups is 1. The molecule has 1 fully saturated rings. The lowest BCUT2D eigenvalue weighted by molar-refractivity contribution is -0.899. The van der Waals surface area contributed by atoms with E-state index in [1.165, 1.54) is 4.90 Å². The van der Waals surface area contributed by atoms with E-state index in [0.29, 0.717) is 6.54 Å². The molecule has 4 nitrogen and oxygen atoms in total. The van der Waals surface area contributed by atoms with Gasteiger partial charge in [0, 0.05) is 9.26 Å². The summed E-state index contributed by atoms with van der Waals surface area (Å²) in [6.07, 6.45) is 0. The predicted octanol–water partition coefficient (Wildman–Crippen LogP) is 0.145. The monoisotopic (exact) mass is 347 g/mol. The second-order valence-corrected chi connectivity index (χ2v) is 5.34. The molecule has 2 rings (SSSR count). The molecule has 1 aromatic carbocycles. The Morgan fingerprint density at radius 2 is 2.18 bits per heavy atom. The summed E-state index contributed by atoms with van der Waals surface area (Å²) >= 11 is 2.23. The van der Waals surface area contributed by atoms with E-state index in [0.717, 1.165) is 35.6 Å². The van der Waals surface area contributed by atoms with E-state index >= 15 is 0 Å². The SMILES string of the molecule is O=C(C[NH+]1CCOCC1)Nc1cccc(I)c1. The molecule has 1 aliphatic heterocycles. The number of morpholine rings is 1. The topological polar surface area (TPSA) is 42.8 Å². The van der Waals surface area contributed by atoms with Gasteiger partial charge in [0.25, 0.3) is 5.91 Å². The van der Waals surface area contributed by atoms with Gasteiger partial charge in [0.15, 0.2) is 6.54 Å². The van der Waals surface area contributed by atoms with Crippen molar-refractivity contribution in [3.05, 3.63) is 27.8 Å². The molecule has 92 valence electrons. The molecule has 0 spiro atoms. The third-order valence-electron chi connectivity index (χ3n) is 2.72. The Morgan fingerprint density at radius 1 is 1.41 bits per heavy atom.